The minimum Gasteiger partial charge on any atom is -0.550 e. The second kappa shape index (κ2) is 37.1. The van der Waals surface area contributed by atoms with Crippen molar-refractivity contribution in [2.75, 3.05) is 6.61 Å². The molecule has 0 heterocycles. The molecule has 0 saturated carbocycles. The number of hydrogen-bond donors (Lipinski definition) is 1. The Hall–Kier alpha value is -0.150. The first-order chi connectivity index (χ1) is 22.3. The van der Waals surface area contributed by atoms with E-state index < -0.39 is 33.7 Å². The molecular weight excluding hydrogens is 623 g/mol. The number of hydrogen-bond acceptors (Lipinski definition) is 6. The van der Waals surface area contributed by atoms with Crippen LogP contribution in [0.1, 0.15) is 219 Å². The normalized spacial score (nSPS) is 12.1. The topological polar surface area (TPSA) is 121 Å². The van der Waals surface area contributed by atoms with E-state index in [-0.39, 0.29) is 36.2 Å². The van der Waals surface area contributed by atoms with E-state index in [0.29, 0.717) is 6.42 Å². The zero-order valence-electron chi connectivity index (χ0n) is 30.9. The molecule has 7 nitrogen and oxygen atoms in total. The number of carboxylic acids is 1. The van der Waals surface area contributed by atoms with Crippen LogP contribution < -0.4 is 34.7 Å². The molecule has 0 spiro atoms. The summed E-state index contributed by atoms with van der Waals surface area (Å²) < 4.78 is 36.1. The fourth-order valence-electron chi connectivity index (χ4n) is 6.21. The van der Waals surface area contributed by atoms with Gasteiger partial charge in [0.2, 0.25) is 0 Å². The van der Waals surface area contributed by atoms with E-state index in [0.717, 1.165) is 19.3 Å². The van der Waals surface area contributed by atoms with E-state index in [1.165, 1.54) is 180 Å². The molecule has 0 aromatic heterocycles. The van der Waals surface area contributed by atoms with Gasteiger partial charge in [-0.1, -0.05) is 206 Å². The van der Waals surface area contributed by atoms with Crippen LogP contribution in [0.4, 0.5) is 0 Å². The average Bonchev–Trinajstić information content (AvgIpc) is 3.01. The van der Waals surface area contributed by atoms with Crippen LogP contribution in [0.5, 0.6) is 0 Å². The number of carbonyl (C=O) groups excluding carboxylic acids is 2. The Morgan fingerprint density at radius 3 is 0.957 bits per heavy atom. The predicted molar refractivity (Wildman–Crippen MR) is 189 cm³/mol. The van der Waals surface area contributed by atoms with Gasteiger partial charge in [0.05, 0.1) is 6.61 Å². The summed E-state index contributed by atoms with van der Waals surface area (Å²) in [5.41, 5.74) is 0. The molecule has 47 heavy (non-hydrogen) atoms. The zero-order chi connectivity index (χ0) is 34.0. The van der Waals surface area contributed by atoms with Gasteiger partial charge in [-0.3, -0.25) is 9.35 Å². The quantitative estimate of drug-likeness (QED) is 0.0310. The third-order valence-electron chi connectivity index (χ3n) is 9.22. The van der Waals surface area contributed by atoms with Crippen molar-refractivity contribution in [1.29, 1.82) is 0 Å². The van der Waals surface area contributed by atoms with Crippen LogP contribution in [0.25, 0.3) is 0 Å². The van der Waals surface area contributed by atoms with E-state index in [2.05, 4.69) is 6.92 Å². The molecule has 0 rings (SSSR count). The number of unbranched alkanes of at least 4 members (excludes halogenated alkanes) is 31. The molecule has 0 aliphatic heterocycles. The number of rotatable bonds is 37. The van der Waals surface area contributed by atoms with Crippen LogP contribution in [0.2, 0.25) is 0 Å². The standard InChI is InChI=1S/C38H74O7S.Na/c1-2-3-4-5-6-7-8-9-10-11-12-13-14-15-16-17-18-19-20-21-22-23-24-25-26-27-28-29-30-31-32-33-34-45-38(41)36(35-37(39)40)46(42,43)44;/h36H,2-35H2,1H3,(H,39,40)(H,42,43,44);/q;+1/p-1. The predicted octanol–water partition coefficient (Wildman–Crippen LogP) is 7.43. The molecule has 0 bridgehead atoms. The average molecular weight is 697 g/mol. The van der Waals surface area contributed by atoms with Gasteiger partial charge in [-0.15, -0.1) is 0 Å². The number of carbonyl (C=O) groups is 2. The summed E-state index contributed by atoms with van der Waals surface area (Å²) in [6, 6.07) is 0. The smallest absolute Gasteiger partial charge is 0.550 e. The minimum absolute atomic E-state index is 0. The summed E-state index contributed by atoms with van der Waals surface area (Å²) in [6.07, 6.45) is 41.7. The summed E-state index contributed by atoms with van der Waals surface area (Å²) in [5.74, 6) is -2.98. The van der Waals surface area contributed by atoms with E-state index >= 15 is 0 Å². The molecule has 1 atom stereocenters. The maximum atomic E-state index is 11.7. The van der Waals surface area contributed by atoms with E-state index in [1.807, 2.05) is 0 Å². The van der Waals surface area contributed by atoms with Crippen molar-refractivity contribution in [3.63, 3.8) is 0 Å². The largest absolute Gasteiger partial charge is 1.00 e. The van der Waals surface area contributed by atoms with Gasteiger partial charge in [0, 0.05) is 12.4 Å². The Labute approximate surface area is 313 Å². The van der Waals surface area contributed by atoms with E-state index in [1.54, 1.807) is 0 Å². The molecule has 9 heteroatoms. The van der Waals surface area contributed by atoms with Gasteiger partial charge in [0.25, 0.3) is 10.1 Å². The molecule has 0 aromatic rings. The Morgan fingerprint density at radius 2 is 0.745 bits per heavy atom. The van der Waals surface area contributed by atoms with Gasteiger partial charge in [0.15, 0.2) is 5.25 Å². The Bertz CT molecular complexity index is 791. The summed E-state index contributed by atoms with van der Waals surface area (Å²) in [5, 5.41) is 8.46. The van der Waals surface area contributed by atoms with Crippen LogP contribution >= 0.6 is 0 Å². The SMILES string of the molecule is CCCCCCCCCCCCCCCCCCCCCCCCCCCCCCCCCCOC(=O)C(CC(=O)[O-])S(=O)(=O)O.[Na+]. The minimum atomic E-state index is -4.84. The molecule has 274 valence electrons. The van der Waals surface area contributed by atoms with Gasteiger partial charge in [0.1, 0.15) is 0 Å². The fourth-order valence-corrected chi connectivity index (χ4v) is 6.86. The first-order valence-corrected chi connectivity index (χ1v) is 21.1. The summed E-state index contributed by atoms with van der Waals surface area (Å²) in [4.78, 5) is 22.3. The second-order valence-electron chi connectivity index (χ2n) is 13.7. The van der Waals surface area contributed by atoms with Crippen molar-refractivity contribution in [2.24, 2.45) is 0 Å². The van der Waals surface area contributed by atoms with Crippen LogP contribution in [0.3, 0.4) is 0 Å². The van der Waals surface area contributed by atoms with E-state index in [9.17, 15) is 23.1 Å². The van der Waals surface area contributed by atoms with Crippen LogP contribution in [-0.2, 0) is 24.4 Å². The third-order valence-corrected chi connectivity index (χ3v) is 10.3. The van der Waals surface area contributed by atoms with Crippen molar-refractivity contribution in [1.82, 2.24) is 0 Å². The number of aliphatic carboxylic acids is 1. The van der Waals surface area contributed by atoms with Crippen molar-refractivity contribution in [2.45, 2.75) is 224 Å². The van der Waals surface area contributed by atoms with Crippen molar-refractivity contribution in [3.05, 3.63) is 0 Å². The van der Waals surface area contributed by atoms with Crippen LogP contribution in [0, 0.1) is 0 Å². The molecule has 0 aliphatic carbocycles. The molecule has 0 radical (unpaired) electrons. The molecule has 0 aromatic carbocycles. The summed E-state index contributed by atoms with van der Waals surface area (Å²) in [7, 11) is -4.84. The van der Waals surface area contributed by atoms with Crippen molar-refractivity contribution < 1.29 is 62.0 Å². The third kappa shape index (κ3) is 36.9. The fraction of sp³-hybridized carbons (Fsp3) is 0.947. The molecule has 0 aliphatic rings. The van der Waals surface area contributed by atoms with Gasteiger partial charge in [-0.05, 0) is 6.42 Å². The summed E-state index contributed by atoms with van der Waals surface area (Å²) in [6.45, 7) is 2.30. The molecule has 0 fully saturated rings. The molecule has 1 unspecified atom stereocenters. The van der Waals surface area contributed by atoms with E-state index in [4.69, 9.17) is 9.29 Å². The maximum Gasteiger partial charge on any atom is 1.00 e. The number of ether oxygens (including phenoxy) is 1. The Balaban J connectivity index is 0. The van der Waals surface area contributed by atoms with Gasteiger partial charge < -0.3 is 14.6 Å². The maximum absolute atomic E-state index is 11.7. The number of carboxylic acid groups (broad SMARTS) is 1. The first-order valence-electron chi connectivity index (χ1n) is 19.6. The van der Waals surface area contributed by atoms with Gasteiger partial charge >= 0.3 is 35.5 Å². The van der Waals surface area contributed by atoms with Gasteiger partial charge in [-0.25, -0.2) is 0 Å². The molecule has 1 N–H and O–H groups in total. The monoisotopic (exact) mass is 696 g/mol. The number of esters is 1. The van der Waals surface area contributed by atoms with Gasteiger partial charge in [-0.2, -0.15) is 8.42 Å². The Morgan fingerprint density at radius 1 is 0.511 bits per heavy atom. The van der Waals surface area contributed by atoms with Crippen molar-refractivity contribution in [3.8, 4) is 0 Å². The molecule has 0 saturated heterocycles. The molecule has 0 amide bonds. The van der Waals surface area contributed by atoms with Crippen molar-refractivity contribution >= 4 is 22.1 Å². The second-order valence-corrected chi connectivity index (χ2v) is 15.3. The van der Waals surface area contributed by atoms with Crippen LogP contribution in [-0.4, -0.2) is 36.8 Å². The zero-order valence-corrected chi connectivity index (χ0v) is 33.7. The summed E-state index contributed by atoms with van der Waals surface area (Å²) >= 11 is 0. The first kappa shape index (κ1) is 49.0. The van der Waals surface area contributed by atoms with Crippen LogP contribution in [0.15, 0.2) is 0 Å². The molecular formula is C38H73NaO7S. The Kier molecular flexibility index (Phi) is 38.7.